The van der Waals surface area contributed by atoms with Gasteiger partial charge in [0.05, 0.1) is 4.90 Å². The molecule has 0 spiro atoms. The zero-order chi connectivity index (χ0) is 25.3. The van der Waals surface area contributed by atoms with E-state index in [1.54, 1.807) is 43.3 Å². The lowest BCUT2D eigenvalue weighted by atomic mass is 10.1. The molecule has 34 heavy (non-hydrogen) atoms. The number of amides is 2. The molecule has 186 valence electrons. The van der Waals surface area contributed by atoms with Gasteiger partial charge in [-0.05, 0) is 44.0 Å². The number of carbonyl (C=O) groups is 2. The minimum atomic E-state index is -3.65. The molecule has 2 rings (SSSR count). The van der Waals surface area contributed by atoms with Crippen LogP contribution in [-0.2, 0) is 26.2 Å². The average molecular weight is 529 g/mol. The first-order valence-corrected chi connectivity index (χ1v) is 13.3. The summed E-state index contributed by atoms with van der Waals surface area (Å²) in [5, 5.41) is 3.61. The molecule has 0 bridgehead atoms. The molecular formula is C24H31Cl2N3O4S. The topological polar surface area (TPSA) is 86.8 Å². The summed E-state index contributed by atoms with van der Waals surface area (Å²) in [6, 6.07) is 12.4. The SMILES string of the molecule is CCCNC(=O)[C@H](C)N(Cc1c(Cl)cccc1Cl)C(=O)CCCN(C)S(=O)(=O)c1ccccc1. The Balaban J connectivity index is 2.12. The third-order valence-electron chi connectivity index (χ3n) is 5.42. The van der Waals surface area contributed by atoms with E-state index in [0.29, 0.717) is 22.2 Å². The Morgan fingerprint density at radius 2 is 1.65 bits per heavy atom. The molecule has 0 aliphatic heterocycles. The Morgan fingerprint density at radius 3 is 2.24 bits per heavy atom. The van der Waals surface area contributed by atoms with Crippen LogP contribution in [-0.4, -0.2) is 55.6 Å². The number of hydrogen-bond acceptors (Lipinski definition) is 4. The van der Waals surface area contributed by atoms with Gasteiger partial charge in [-0.15, -0.1) is 0 Å². The number of rotatable bonds is 12. The van der Waals surface area contributed by atoms with E-state index in [1.807, 2.05) is 6.92 Å². The molecule has 7 nitrogen and oxygen atoms in total. The fraction of sp³-hybridized carbons (Fsp3) is 0.417. The van der Waals surface area contributed by atoms with Gasteiger partial charge in [0.15, 0.2) is 0 Å². The third-order valence-corrected chi connectivity index (χ3v) is 8.00. The van der Waals surface area contributed by atoms with Gasteiger partial charge in [0.1, 0.15) is 6.04 Å². The second kappa shape index (κ2) is 13.1. The maximum absolute atomic E-state index is 13.2. The van der Waals surface area contributed by atoms with Crippen LogP contribution >= 0.6 is 23.2 Å². The van der Waals surface area contributed by atoms with Crippen LogP contribution < -0.4 is 5.32 Å². The highest BCUT2D eigenvalue weighted by atomic mass is 35.5. The second-order valence-electron chi connectivity index (χ2n) is 7.93. The monoisotopic (exact) mass is 527 g/mol. The molecular weight excluding hydrogens is 497 g/mol. The predicted octanol–water partition coefficient (Wildman–Crippen LogP) is 4.34. The zero-order valence-corrected chi connectivity index (χ0v) is 22.0. The van der Waals surface area contributed by atoms with E-state index in [0.717, 1.165) is 6.42 Å². The van der Waals surface area contributed by atoms with Crippen molar-refractivity contribution >= 4 is 45.0 Å². The molecule has 0 radical (unpaired) electrons. The van der Waals surface area contributed by atoms with E-state index in [9.17, 15) is 18.0 Å². The second-order valence-corrected chi connectivity index (χ2v) is 10.8. The summed E-state index contributed by atoms with van der Waals surface area (Å²) in [5.74, 6) is -0.567. The Bertz CT molecular complexity index is 1060. The fourth-order valence-electron chi connectivity index (χ4n) is 3.32. The number of carbonyl (C=O) groups excluding carboxylic acids is 2. The fourth-order valence-corrected chi connectivity index (χ4v) is 5.07. The Morgan fingerprint density at radius 1 is 1.03 bits per heavy atom. The molecule has 2 amide bonds. The summed E-state index contributed by atoms with van der Waals surface area (Å²) < 4.78 is 26.6. The van der Waals surface area contributed by atoms with Crippen LogP contribution in [0, 0.1) is 0 Å². The molecule has 0 aliphatic rings. The lowest BCUT2D eigenvalue weighted by Gasteiger charge is -2.29. The standard InChI is InChI=1S/C24H31Cl2N3O4S/c1-4-15-27-24(31)18(2)29(17-20-21(25)12-8-13-22(20)26)23(30)14-9-16-28(3)34(32,33)19-10-6-5-7-11-19/h5-8,10-13,18H,4,9,14-17H2,1-3H3,(H,27,31)/t18-/m0/s1. The van der Waals surface area contributed by atoms with Crippen molar-refractivity contribution in [1.82, 2.24) is 14.5 Å². The highest BCUT2D eigenvalue weighted by Crippen LogP contribution is 2.27. The summed E-state index contributed by atoms with van der Waals surface area (Å²) in [6.45, 7) is 4.31. The summed E-state index contributed by atoms with van der Waals surface area (Å²) in [6.07, 6.45) is 1.12. The van der Waals surface area contributed by atoms with E-state index in [1.165, 1.54) is 28.4 Å². The van der Waals surface area contributed by atoms with Crippen molar-refractivity contribution in [3.8, 4) is 0 Å². The molecule has 0 unspecified atom stereocenters. The van der Waals surface area contributed by atoms with E-state index in [4.69, 9.17) is 23.2 Å². The van der Waals surface area contributed by atoms with Crippen LogP contribution in [0.5, 0.6) is 0 Å². The lowest BCUT2D eigenvalue weighted by Crippen LogP contribution is -2.48. The van der Waals surface area contributed by atoms with Gasteiger partial charge < -0.3 is 10.2 Å². The average Bonchev–Trinajstić information content (AvgIpc) is 2.82. The van der Waals surface area contributed by atoms with Crippen molar-refractivity contribution in [1.29, 1.82) is 0 Å². The highest BCUT2D eigenvalue weighted by Gasteiger charge is 2.27. The molecule has 0 saturated heterocycles. The molecule has 2 aromatic rings. The number of nitrogens with zero attached hydrogens (tertiary/aromatic N) is 2. The molecule has 0 saturated carbocycles. The first kappa shape index (κ1) is 28.1. The van der Waals surface area contributed by atoms with Gasteiger partial charge in [-0.3, -0.25) is 9.59 Å². The smallest absolute Gasteiger partial charge is 0.242 e. The van der Waals surface area contributed by atoms with Crippen LogP contribution in [0.25, 0.3) is 0 Å². The molecule has 0 heterocycles. The highest BCUT2D eigenvalue weighted by molar-refractivity contribution is 7.89. The molecule has 0 aromatic heterocycles. The number of sulfonamides is 1. The van der Waals surface area contributed by atoms with Gasteiger partial charge in [0.2, 0.25) is 21.8 Å². The number of halogens is 2. The van der Waals surface area contributed by atoms with Crippen molar-refractivity contribution in [2.75, 3.05) is 20.1 Å². The van der Waals surface area contributed by atoms with Crippen LogP contribution in [0.3, 0.4) is 0 Å². The first-order chi connectivity index (χ1) is 16.1. The summed E-state index contributed by atoms with van der Waals surface area (Å²) >= 11 is 12.6. The van der Waals surface area contributed by atoms with Crippen molar-refractivity contribution < 1.29 is 18.0 Å². The number of nitrogens with one attached hydrogen (secondary N) is 1. The van der Waals surface area contributed by atoms with Crippen molar-refractivity contribution in [3.05, 3.63) is 64.1 Å². The summed E-state index contributed by atoms with van der Waals surface area (Å²) in [7, 11) is -2.17. The van der Waals surface area contributed by atoms with Crippen LogP contribution in [0.4, 0.5) is 0 Å². The van der Waals surface area contributed by atoms with Crippen LogP contribution in [0.2, 0.25) is 10.0 Å². The molecule has 0 fully saturated rings. The van der Waals surface area contributed by atoms with E-state index < -0.39 is 16.1 Å². The molecule has 1 N–H and O–H groups in total. The minimum absolute atomic E-state index is 0.0577. The summed E-state index contributed by atoms with van der Waals surface area (Å²) in [5.41, 5.74) is 0.554. The van der Waals surface area contributed by atoms with Gasteiger partial charge in [-0.2, -0.15) is 0 Å². The maximum Gasteiger partial charge on any atom is 0.242 e. The molecule has 2 aromatic carbocycles. The van der Waals surface area contributed by atoms with Gasteiger partial charge in [-0.25, -0.2) is 12.7 Å². The van der Waals surface area contributed by atoms with Gasteiger partial charge >= 0.3 is 0 Å². The van der Waals surface area contributed by atoms with Gasteiger partial charge in [0.25, 0.3) is 0 Å². The largest absolute Gasteiger partial charge is 0.354 e. The molecule has 10 heteroatoms. The third kappa shape index (κ3) is 7.43. The Labute approximate surface area is 212 Å². The number of benzene rings is 2. The van der Waals surface area contributed by atoms with Crippen molar-refractivity contribution in [2.24, 2.45) is 0 Å². The van der Waals surface area contributed by atoms with Crippen LogP contribution in [0.1, 0.15) is 38.7 Å². The van der Waals surface area contributed by atoms with E-state index in [2.05, 4.69) is 5.32 Å². The molecule has 0 aliphatic carbocycles. The Hall–Kier alpha value is -2.13. The van der Waals surface area contributed by atoms with Crippen LogP contribution in [0.15, 0.2) is 53.4 Å². The van der Waals surface area contributed by atoms with E-state index in [-0.39, 0.29) is 42.6 Å². The lowest BCUT2D eigenvalue weighted by molar-refractivity contribution is -0.140. The number of hydrogen-bond donors (Lipinski definition) is 1. The van der Waals surface area contributed by atoms with Gasteiger partial charge in [-0.1, -0.05) is 54.4 Å². The zero-order valence-electron chi connectivity index (χ0n) is 19.6. The maximum atomic E-state index is 13.2. The Kier molecular flexibility index (Phi) is 10.8. The van der Waals surface area contributed by atoms with Crippen molar-refractivity contribution in [3.63, 3.8) is 0 Å². The summed E-state index contributed by atoms with van der Waals surface area (Å²) in [4.78, 5) is 27.4. The van der Waals surface area contributed by atoms with Crippen molar-refractivity contribution in [2.45, 2.75) is 50.6 Å². The quantitative estimate of drug-likeness (QED) is 0.444. The van der Waals surface area contributed by atoms with E-state index >= 15 is 0 Å². The molecule has 1 atom stereocenters. The first-order valence-electron chi connectivity index (χ1n) is 11.1. The normalized spacial score (nSPS) is 12.4. The minimum Gasteiger partial charge on any atom is -0.354 e. The van der Waals surface area contributed by atoms with Gasteiger partial charge in [0, 0.05) is 48.7 Å². The predicted molar refractivity (Wildman–Crippen MR) is 135 cm³/mol.